The van der Waals surface area contributed by atoms with E-state index < -0.39 is 0 Å². The van der Waals surface area contributed by atoms with Crippen molar-refractivity contribution >= 4 is 34.6 Å². The van der Waals surface area contributed by atoms with Crippen molar-refractivity contribution in [1.29, 1.82) is 0 Å². The predicted octanol–water partition coefficient (Wildman–Crippen LogP) is 4.58. The highest BCUT2D eigenvalue weighted by atomic mass is 35.5. The van der Waals surface area contributed by atoms with Gasteiger partial charge in [0.05, 0.1) is 6.61 Å². The topological polar surface area (TPSA) is 33.3 Å². The van der Waals surface area contributed by atoms with Gasteiger partial charge in [0.25, 0.3) is 0 Å². The van der Waals surface area contributed by atoms with Gasteiger partial charge in [-0.3, -0.25) is 0 Å². The summed E-state index contributed by atoms with van der Waals surface area (Å²) >= 11 is 11.4. The average Bonchev–Trinajstić information content (AvgIpc) is 2.54. The Kier molecular flexibility index (Phi) is 6.68. The summed E-state index contributed by atoms with van der Waals surface area (Å²) in [5.41, 5.74) is 3.16. The second kappa shape index (κ2) is 8.75. The van der Waals surface area contributed by atoms with Gasteiger partial charge in [-0.05, 0) is 67.9 Å². The van der Waals surface area contributed by atoms with Crippen LogP contribution in [-0.4, -0.2) is 18.3 Å². The highest BCUT2D eigenvalue weighted by Gasteiger charge is 2.04. The Hall–Kier alpha value is -1.78. The lowest BCUT2D eigenvalue weighted by molar-refractivity contribution is 0.340. The molecule has 2 aromatic carbocycles. The van der Waals surface area contributed by atoms with E-state index in [-0.39, 0.29) is 0 Å². The van der Waals surface area contributed by atoms with Crippen LogP contribution in [0.15, 0.2) is 42.5 Å². The molecule has 0 saturated heterocycles. The van der Waals surface area contributed by atoms with Gasteiger partial charge in [0.15, 0.2) is 5.11 Å². The van der Waals surface area contributed by atoms with Gasteiger partial charge in [-0.15, -0.1) is 0 Å². The third-order valence-electron chi connectivity index (χ3n) is 3.45. The zero-order valence-electron chi connectivity index (χ0n) is 13.4. The number of ether oxygens (including phenoxy) is 1. The van der Waals surface area contributed by atoms with Gasteiger partial charge in [0, 0.05) is 17.3 Å². The van der Waals surface area contributed by atoms with E-state index in [2.05, 4.69) is 22.8 Å². The van der Waals surface area contributed by atoms with Gasteiger partial charge in [-0.25, -0.2) is 0 Å². The third-order valence-corrected chi connectivity index (χ3v) is 4.11. The fourth-order valence-corrected chi connectivity index (χ4v) is 2.54. The van der Waals surface area contributed by atoms with E-state index in [1.54, 1.807) is 0 Å². The summed E-state index contributed by atoms with van der Waals surface area (Å²) in [7, 11) is 0. The molecule has 0 radical (unpaired) electrons. The molecule has 0 aliphatic rings. The quantitative estimate of drug-likeness (QED) is 0.749. The smallest absolute Gasteiger partial charge is 0.170 e. The van der Waals surface area contributed by atoms with Gasteiger partial charge < -0.3 is 15.4 Å². The molecule has 0 atom stereocenters. The van der Waals surface area contributed by atoms with Crippen LogP contribution in [0.5, 0.6) is 5.75 Å². The zero-order chi connectivity index (χ0) is 16.7. The first kappa shape index (κ1) is 17.6. The Labute approximate surface area is 148 Å². The SMILES string of the molecule is CCOc1ccc(CCNC(=S)Nc2cccc(Cl)c2C)cc1. The van der Waals surface area contributed by atoms with Crippen LogP contribution >= 0.6 is 23.8 Å². The van der Waals surface area contributed by atoms with E-state index in [1.165, 1.54) is 5.56 Å². The summed E-state index contributed by atoms with van der Waals surface area (Å²) in [5.74, 6) is 0.901. The van der Waals surface area contributed by atoms with Crippen LogP contribution < -0.4 is 15.4 Å². The molecule has 0 spiro atoms. The van der Waals surface area contributed by atoms with E-state index in [1.807, 2.05) is 44.2 Å². The molecule has 2 N–H and O–H groups in total. The molecule has 0 heterocycles. The molecule has 0 fully saturated rings. The molecule has 2 aromatic rings. The monoisotopic (exact) mass is 348 g/mol. The number of halogens is 1. The maximum atomic E-state index is 6.10. The first-order valence-electron chi connectivity index (χ1n) is 7.62. The summed E-state index contributed by atoms with van der Waals surface area (Å²) < 4.78 is 5.43. The lowest BCUT2D eigenvalue weighted by Gasteiger charge is -2.13. The van der Waals surface area contributed by atoms with Crippen molar-refractivity contribution in [3.8, 4) is 5.75 Å². The minimum absolute atomic E-state index is 0.598. The van der Waals surface area contributed by atoms with Gasteiger partial charge in [0.2, 0.25) is 0 Å². The van der Waals surface area contributed by atoms with E-state index in [0.29, 0.717) is 11.7 Å². The van der Waals surface area contributed by atoms with Crippen molar-refractivity contribution in [2.24, 2.45) is 0 Å². The molecular weight excluding hydrogens is 328 g/mol. The summed E-state index contributed by atoms with van der Waals surface area (Å²) in [4.78, 5) is 0. The third kappa shape index (κ3) is 5.41. The first-order chi connectivity index (χ1) is 11.1. The maximum Gasteiger partial charge on any atom is 0.170 e. The van der Waals surface area contributed by atoms with Gasteiger partial charge >= 0.3 is 0 Å². The second-order valence-corrected chi connectivity index (χ2v) is 5.94. The Morgan fingerprint density at radius 1 is 1.17 bits per heavy atom. The van der Waals surface area contributed by atoms with Crippen LogP contribution in [0.25, 0.3) is 0 Å². The van der Waals surface area contributed by atoms with Crippen molar-refractivity contribution in [2.45, 2.75) is 20.3 Å². The molecule has 3 nitrogen and oxygen atoms in total. The largest absolute Gasteiger partial charge is 0.494 e. The number of thiocarbonyl (C=S) groups is 1. The molecule has 0 aliphatic heterocycles. The average molecular weight is 349 g/mol. The molecule has 0 aromatic heterocycles. The number of benzene rings is 2. The van der Waals surface area contributed by atoms with Crippen LogP contribution in [0.2, 0.25) is 5.02 Å². The summed E-state index contributed by atoms with van der Waals surface area (Å²) in [6, 6.07) is 13.9. The normalized spacial score (nSPS) is 10.2. The van der Waals surface area contributed by atoms with Crippen LogP contribution in [0.4, 0.5) is 5.69 Å². The molecule has 23 heavy (non-hydrogen) atoms. The maximum absolute atomic E-state index is 6.10. The number of anilines is 1. The molecule has 0 bridgehead atoms. The summed E-state index contributed by atoms with van der Waals surface area (Å²) in [6.07, 6.45) is 0.892. The Morgan fingerprint density at radius 3 is 2.61 bits per heavy atom. The van der Waals surface area contributed by atoms with Gasteiger partial charge in [-0.2, -0.15) is 0 Å². The van der Waals surface area contributed by atoms with Crippen molar-refractivity contribution in [1.82, 2.24) is 5.32 Å². The lowest BCUT2D eigenvalue weighted by Crippen LogP contribution is -2.30. The molecule has 2 rings (SSSR count). The highest BCUT2D eigenvalue weighted by Crippen LogP contribution is 2.22. The fraction of sp³-hybridized carbons (Fsp3) is 0.278. The van der Waals surface area contributed by atoms with E-state index in [4.69, 9.17) is 28.6 Å². The van der Waals surface area contributed by atoms with Gasteiger partial charge in [0.1, 0.15) is 5.75 Å². The predicted molar refractivity (Wildman–Crippen MR) is 102 cm³/mol. The molecular formula is C18H21ClN2OS. The number of hydrogen-bond donors (Lipinski definition) is 2. The second-order valence-electron chi connectivity index (χ2n) is 5.12. The Morgan fingerprint density at radius 2 is 1.91 bits per heavy atom. The number of rotatable bonds is 6. The van der Waals surface area contributed by atoms with Crippen LogP contribution in [0, 0.1) is 6.92 Å². The van der Waals surface area contributed by atoms with Crippen molar-refractivity contribution in [3.05, 3.63) is 58.6 Å². The highest BCUT2D eigenvalue weighted by molar-refractivity contribution is 7.80. The number of nitrogens with one attached hydrogen (secondary N) is 2. The summed E-state index contributed by atoms with van der Waals surface area (Å²) in [6.45, 7) is 5.39. The van der Waals surface area contributed by atoms with Crippen LogP contribution in [-0.2, 0) is 6.42 Å². The lowest BCUT2D eigenvalue weighted by atomic mass is 10.1. The fourth-order valence-electron chi connectivity index (χ4n) is 2.15. The minimum Gasteiger partial charge on any atom is -0.494 e. The van der Waals surface area contributed by atoms with Crippen molar-refractivity contribution < 1.29 is 4.74 Å². The molecule has 0 saturated carbocycles. The molecule has 5 heteroatoms. The minimum atomic E-state index is 0.598. The molecule has 0 aliphatic carbocycles. The standard InChI is InChI=1S/C18H21ClN2OS/c1-3-22-15-9-7-14(8-10-15)11-12-20-18(23)21-17-6-4-5-16(19)13(17)2/h4-10H,3,11-12H2,1-2H3,(H2,20,21,23). The Bertz CT molecular complexity index is 659. The first-order valence-corrected chi connectivity index (χ1v) is 8.40. The summed E-state index contributed by atoms with van der Waals surface area (Å²) in [5, 5.41) is 7.72. The molecule has 0 amide bonds. The molecule has 122 valence electrons. The van der Waals surface area contributed by atoms with Gasteiger partial charge in [-0.1, -0.05) is 29.8 Å². The zero-order valence-corrected chi connectivity index (χ0v) is 14.9. The van der Waals surface area contributed by atoms with Crippen LogP contribution in [0.3, 0.4) is 0 Å². The van der Waals surface area contributed by atoms with Crippen molar-refractivity contribution in [3.63, 3.8) is 0 Å². The van der Waals surface area contributed by atoms with Crippen molar-refractivity contribution in [2.75, 3.05) is 18.5 Å². The van der Waals surface area contributed by atoms with E-state index in [9.17, 15) is 0 Å². The van der Waals surface area contributed by atoms with E-state index in [0.717, 1.165) is 35.0 Å². The van der Waals surface area contributed by atoms with Crippen LogP contribution in [0.1, 0.15) is 18.1 Å². The Balaban J connectivity index is 1.79. The van der Waals surface area contributed by atoms with E-state index >= 15 is 0 Å². The molecule has 0 unspecified atom stereocenters. The number of hydrogen-bond acceptors (Lipinski definition) is 2.